The molecule has 0 saturated heterocycles. The third-order valence-electron chi connectivity index (χ3n) is 3.47. The minimum Gasteiger partial charge on any atom is -0.469 e. The van der Waals surface area contributed by atoms with Gasteiger partial charge >= 0.3 is 0 Å². The van der Waals surface area contributed by atoms with Crippen LogP contribution in [0.3, 0.4) is 0 Å². The summed E-state index contributed by atoms with van der Waals surface area (Å²) >= 11 is 0. The molecule has 0 aliphatic heterocycles. The van der Waals surface area contributed by atoms with Crippen molar-refractivity contribution in [2.75, 3.05) is 0 Å². The summed E-state index contributed by atoms with van der Waals surface area (Å²) in [5.74, 6) is 0.425. The Kier molecular flexibility index (Phi) is 4.89. The molecular weight excluding hydrogens is 324 g/mol. The van der Waals surface area contributed by atoms with Gasteiger partial charge in [-0.25, -0.2) is 0 Å². The fourth-order valence-corrected chi connectivity index (χ4v) is 2.15. The second-order valence-corrected chi connectivity index (χ2v) is 5.26. The average molecular weight is 340 g/mol. The molecule has 0 saturated carbocycles. The highest BCUT2D eigenvalue weighted by Gasteiger charge is 2.13. The topological polar surface area (TPSA) is 110 Å². The Balaban J connectivity index is 1.47. The van der Waals surface area contributed by atoms with Crippen molar-refractivity contribution in [2.24, 2.45) is 0 Å². The zero-order valence-corrected chi connectivity index (χ0v) is 13.5. The van der Waals surface area contributed by atoms with Crippen molar-refractivity contribution in [1.29, 1.82) is 0 Å². The smallest absolute Gasteiger partial charge is 0.273 e. The van der Waals surface area contributed by atoms with Gasteiger partial charge in [0.05, 0.1) is 11.8 Å². The highest BCUT2D eigenvalue weighted by atomic mass is 16.4. The van der Waals surface area contributed by atoms with Crippen LogP contribution in [0.1, 0.15) is 28.4 Å². The molecule has 25 heavy (non-hydrogen) atoms. The van der Waals surface area contributed by atoms with E-state index in [0.717, 1.165) is 5.56 Å². The van der Waals surface area contributed by atoms with Crippen LogP contribution in [0.15, 0.2) is 51.5 Å². The van der Waals surface area contributed by atoms with E-state index >= 15 is 0 Å². The van der Waals surface area contributed by atoms with E-state index in [0.29, 0.717) is 23.1 Å². The lowest BCUT2D eigenvalue weighted by Gasteiger charge is -2.05. The van der Waals surface area contributed by atoms with E-state index in [1.807, 2.05) is 30.3 Å². The van der Waals surface area contributed by atoms with Crippen LogP contribution in [0.5, 0.6) is 0 Å². The van der Waals surface area contributed by atoms with Gasteiger partial charge in [0.25, 0.3) is 5.91 Å². The summed E-state index contributed by atoms with van der Waals surface area (Å²) in [7, 11) is 0. The van der Waals surface area contributed by atoms with Crippen LogP contribution in [-0.2, 0) is 11.2 Å². The maximum Gasteiger partial charge on any atom is 0.273 e. The Morgan fingerprint density at radius 3 is 2.60 bits per heavy atom. The predicted octanol–water partition coefficient (Wildman–Crippen LogP) is 2.03. The van der Waals surface area contributed by atoms with Crippen molar-refractivity contribution >= 4 is 11.8 Å². The predicted molar refractivity (Wildman–Crippen MR) is 87.1 cm³/mol. The third-order valence-corrected chi connectivity index (χ3v) is 3.47. The zero-order chi connectivity index (χ0) is 17.6. The lowest BCUT2D eigenvalue weighted by molar-refractivity contribution is -0.121. The van der Waals surface area contributed by atoms with Crippen molar-refractivity contribution in [3.63, 3.8) is 0 Å². The summed E-state index contributed by atoms with van der Waals surface area (Å²) in [6.07, 6.45) is 1.78. The number of nitrogens with zero attached hydrogens (tertiary/aromatic N) is 2. The van der Waals surface area contributed by atoms with Crippen molar-refractivity contribution in [1.82, 2.24) is 21.0 Å². The van der Waals surface area contributed by atoms with Gasteiger partial charge < -0.3 is 8.83 Å². The first-order valence-corrected chi connectivity index (χ1v) is 7.64. The van der Waals surface area contributed by atoms with Gasteiger partial charge in [0, 0.05) is 18.4 Å². The highest BCUT2D eigenvalue weighted by molar-refractivity contribution is 5.96. The molecule has 0 radical (unpaired) electrons. The van der Waals surface area contributed by atoms with E-state index in [9.17, 15) is 9.59 Å². The first-order valence-electron chi connectivity index (χ1n) is 7.64. The molecule has 128 valence electrons. The van der Waals surface area contributed by atoms with Gasteiger partial charge in [0.15, 0.2) is 0 Å². The van der Waals surface area contributed by atoms with Crippen molar-refractivity contribution < 1.29 is 18.4 Å². The molecule has 0 unspecified atom stereocenters. The van der Waals surface area contributed by atoms with Crippen LogP contribution in [0.4, 0.5) is 0 Å². The van der Waals surface area contributed by atoms with E-state index in [1.165, 1.54) is 12.3 Å². The van der Waals surface area contributed by atoms with E-state index in [2.05, 4.69) is 21.0 Å². The SMILES string of the molecule is Cc1occc1C(=O)NNC(=O)CCc1nnc(-c2ccccc2)o1. The molecule has 2 heterocycles. The lowest BCUT2D eigenvalue weighted by atomic mass is 10.2. The molecule has 1 aromatic carbocycles. The molecule has 0 aliphatic rings. The monoisotopic (exact) mass is 340 g/mol. The van der Waals surface area contributed by atoms with Crippen LogP contribution in [0, 0.1) is 6.92 Å². The van der Waals surface area contributed by atoms with E-state index in [4.69, 9.17) is 8.83 Å². The van der Waals surface area contributed by atoms with Gasteiger partial charge in [-0.15, -0.1) is 10.2 Å². The lowest BCUT2D eigenvalue weighted by Crippen LogP contribution is -2.41. The minimum atomic E-state index is -0.441. The van der Waals surface area contributed by atoms with Gasteiger partial charge in [0.2, 0.25) is 17.7 Å². The molecule has 0 spiro atoms. The molecule has 0 bridgehead atoms. The zero-order valence-electron chi connectivity index (χ0n) is 13.5. The first-order chi connectivity index (χ1) is 12.1. The second-order valence-electron chi connectivity index (χ2n) is 5.26. The Hall–Kier alpha value is -3.42. The molecule has 0 atom stereocenters. The van der Waals surface area contributed by atoms with E-state index < -0.39 is 5.91 Å². The molecule has 8 heteroatoms. The Labute approximate surface area is 143 Å². The third kappa shape index (κ3) is 4.11. The summed E-state index contributed by atoms with van der Waals surface area (Å²) in [6.45, 7) is 1.66. The van der Waals surface area contributed by atoms with Crippen LogP contribution in [-0.4, -0.2) is 22.0 Å². The van der Waals surface area contributed by atoms with Crippen LogP contribution in [0.25, 0.3) is 11.5 Å². The number of rotatable bonds is 5. The summed E-state index contributed by atoms with van der Waals surface area (Å²) in [4.78, 5) is 23.7. The number of carbonyl (C=O) groups is 2. The number of hydrazine groups is 1. The number of nitrogens with one attached hydrogen (secondary N) is 2. The standard InChI is InChI=1S/C17H16N4O4/c1-11-13(9-10-24-11)16(23)20-18-14(22)7-8-15-19-21-17(25-15)12-5-3-2-4-6-12/h2-6,9-10H,7-8H2,1H3,(H,18,22)(H,20,23). The van der Waals surface area contributed by atoms with Gasteiger partial charge in [-0.3, -0.25) is 20.4 Å². The summed E-state index contributed by atoms with van der Waals surface area (Å²) in [5, 5.41) is 7.87. The second kappa shape index (κ2) is 7.43. The van der Waals surface area contributed by atoms with Crippen molar-refractivity contribution in [2.45, 2.75) is 19.8 Å². The maximum atomic E-state index is 11.8. The Morgan fingerprint density at radius 2 is 1.88 bits per heavy atom. The Bertz CT molecular complexity index is 870. The number of aryl methyl sites for hydroxylation is 2. The number of aromatic nitrogens is 2. The van der Waals surface area contributed by atoms with Gasteiger partial charge in [-0.1, -0.05) is 18.2 Å². The number of hydrogen-bond donors (Lipinski definition) is 2. The van der Waals surface area contributed by atoms with E-state index in [1.54, 1.807) is 6.92 Å². The Morgan fingerprint density at radius 1 is 1.08 bits per heavy atom. The van der Waals surface area contributed by atoms with Crippen LogP contribution >= 0.6 is 0 Å². The van der Waals surface area contributed by atoms with Gasteiger partial charge in [-0.05, 0) is 25.1 Å². The molecule has 8 nitrogen and oxygen atoms in total. The van der Waals surface area contributed by atoms with Crippen molar-refractivity contribution in [3.8, 4) is 11.5 Å². The number of amides is 2. The fraction of sp³-hybridized carbons (Fsp3) is 0.176. The molecule has 2 aromatic heterocycles. The van der Waals surface area contributed by atoms with E-state index in [-0.39, 0.29) is 18.7 Å². The molecule has 0 aliphatic carbocycles. The molecule has 2 N–H and O–H groups in total. The number of carbonyl (C=O) groups excluding carboxylic acids is 2. The van der Waals surface area contributed by atoms with Gasteiger partial charge in [0.1, 0.15) is 5.76 Å². The van der Waals surface area contributed by atoms with Crippen LogP contribution < -0.4 is 10.9 Å². The molecule has 3 aromatic rings. The number of furan rings is 1. The molecule has 0 fully saturated rings. The van der Waals surface area contributed by atoms with Gasteiger partial charge in [-0.2, -0.15) is 0 Å². The first kappa shape index (κ1) is 16.4. The molecule has 2 amide bonds. The fourth-order valence-electron chi connectivity index (χ4n) is 2.15. The molecular formula is C17H16N4O4. The quantitative estimate of drug-likeness (QED) is 0.688. The highest BCUT2D eigenvalue weighted by Crippen LogP contribution is 2.17. The maximum absolute atomic E-state index is 11.8. The van der Waals surface area contributed by atoms with Crippen LogP contribution in [0.2, 0.25) is 0 Å². The molecule has 3 rings (SSSR count). The summed E-state index contributed by atoms with van der Waals surface area (Å²) < 4.78 is 10.6. The largest absolute Gasteiger partial charge is 0.469 e. The van der Waals surface area contributed by atoms with Crippen molar-refractivity contribution in [3.05, 3.63) is 59.9 Å². The number of hydrogen-bond acceptors (Lipinski definition) is 6. The summed E-state index contributed by atoms with van der Waals surface area (Å²) in [6, 6.07) is 10.9. The normalized spacial score (nSPS) is 10.4. The minimum absolute atomic E-state index is 0.0983. The summed E-state index contributed by atoms with van der Waals surface area (Å²) in [5.41, 5.74) is 5.84. The number of benzene rings is 1. The average Bonchev–Trinajstić information content (AvgIpc) is 3.27.